The van der Waals surface area contributed by atoms with Gasteiger partial charge >= 0.3 is 0 Å². The highest BCUT2D eigenvalue weighted by atomic mass is 35.5. The Labute approximate surface area is 198 Å². The van der Waals surface area contributed by atoms with Gasteiger partial charge in [0.15, 0.2) is 5.82 Å². The van der Waals surface area contributed by atoms with Crippen LogP contribution in [0.15, 0.2) is 18.2 Å². The molecule has 3 N–H and O–H groups in total. The quantitative estimate of drug-likeness (QED) is 0.406. The Morgan fingerprint density at radius 2 is 1.94 bits per heavy atom. The molecule has 0 aliphatic rings. The minimum atomic E-state index is -3.56. The van der Waals surface area contributed by atoms with E-state index in [0.29, 0.717) is 41.4 Å². The van der Waals surface area contributed by atoms with Crippen LogP contribution in [0.1, 0.15) is 43.0 Å². The van der Waals surface area contributed by atoms with Gasteiger partial charge in [-0.05, 0) is 57.4 Å². The predicted octanol–water partition coefficient (Wildman–Crippen LogP) is 4.87. The molecule has 0 radical (unpaired) electrons. The van der Waals surface area contributed by atoms with E-state index in [1.54, 1.807) is 19.2 Å². The monoisotopic (exact) mass is 499 g/mol. The second kappa shape index (κ2) is 9.82. The summed E-state index contributed by atoms with van der Waals surface area (Å²) in [6.45, 7) is 6.37. The van der Waals surface area contributed by atoms with Crippen molar-refractivity contribution < 1.29 is 13.2 Å². The first-order chi connectivity index (χ1) is 15.0. The zero-order valence-corrected chi connectivity index (χ0v) is 20.8. The van der Waals surface area contributed by atoms with E-state index in [0.717, 1.165) is 22.6 Å². The summed E-state index contributed by atoms with van der Waals surface area (Å²) in [6, 6.07) is 4.62. The van der Waals surface area contributed by atoms with E-state index in [-0.39, 0.29) is 16.9 Å². The number of ether oxygens (including phenoxy) is 1. The maximum Gasteiger partial charge on any atom is 0.232 e. The molecule has 8 nitrogen and oxygen atoms in total. The first kappa shape index (κ1) is 24.6. The fourth-order valence-electron chi connectivity index (χ4n) is 3.51. The van der Waals surface area contributed by atoms with Crippen LogP contribution >= 0.6 is 23.2 Å². The van der Waals surface area contributed by atoms with Gasteiger partial charge in [0.25, 0.3) is 0 Å². The van der Waals surface area contributed by atoms with Crippen molar-refractivity contribution in [1.29, 1.82) is 0 Å². The summed E-state index contributed by atoms with van der Waals surface area (Å²) in [5, 5.41) is 0.689. The lowest BCUT2D eigenvalue weighted by Crippen LogP contribution is -2.17. The molecule has 1 unspecified atom stereocenters. The third-order valence-electron chi connectivity index (χ3n) is 5.38. The van der Waals surface area contributed by atoms with Gasteiger partial charge in [-0.3, -0.25) is 4.72 Å². The fourth-order valence-corrected chi connectivity index (χ4v) is 5.22. The molecule has 2 aromatic heterocycles. The number of nitrogens with two attached hydrogens (primary N) is 1. The summed E-state index contributed by atoms with van der Waals surface area (Å²) in [5.74, 6) is 1.06. The summed E-state index contributed by atoms with van der Waals surface area (Å²) in [7, 11) is -1.94. The highest BCUT2D eigenvalue weighted by molar-refractivity contribution is 7.92. The maximum atomic E-state index is 12.5. The van der Waals surface area contributed by atoms with Gasteiger partial charge in [0.1, 0.15) is 17.4 Å². The van der Waals surface area contributed by atoms with Crippen LogP contribution < -0.4 is 10.5 Å². The molecule has 3 rings (SSSR count). The number of anilines is 2. The van der Waals surface area contributed by atoms with Crippen molar-refractivity contribution >= 4 is 55.8 Å². The van der Waals surface area contributed by atoms with Gasteiger partial charge in [-0.2, -0.15) is 0 Å². The molecular formula is C21H27Cl2N5O3S. The van der Waals surface area contributed by atoms with Crippen molar-refractivity contribution in [2.75, 3.05) is 23.3 Å². The van der Waals surface area contributed by atoms with Gasteiger partial charge in [0.05, 0.1) is 22.0 Å². The number of benzene rings is 1. The fraction of sp³-hybridized carbons (Fsp3) is 0.429. The standard InChI is InChI=1S/C21H27Cl2N5O3S/c1-12-13(2)25-20(24)18-19(12)28(21(26-18)14(3)31-4)9-5-6-10-32(29,30)27-17-8-7-15(22)11-16(17)23/h7-8,11,14,27H,5-6,9-10H2,1-4H3,(H2,24,25). The number of aryl methyl sites for hydroxylation is 3. The number of nitrogen functional groups attached to an aromatic ring is 1. The Morgan fingerprint density at radius 1 is 1.22 bits per heavy atom. The first-order valence-electron chi connectivity index (χ1n) is 10.1. The van der Waals surface area contributed by atoms with Crippen molar-refractivity contribution in [3.63, 3.8) is 0 Å². The number of imidazole rings is 1. The molecule has 0 aliphatic carbocycles. The van der Waals surface area contributed by atoms with E-state index < -0.39 is 10.0 Å². The van der Waals surface area contributed by atoms with Crippen molar-refractivity contribution in [1.82, 2.24) is 14.5 Å². The van der Waals surface area contributed by atoms with Crippen LogP contribution in [-0.4, -0.2) is 35.8 Å². The number of pyridine rings is 1. The number of hydrogen-bond donors (Lipinski definition) is 2. The number of rotatable bonds is 9. The van der Waals surface area contributed by atoms with Crippen molar-refractivity contribution in [3.8, 4) is 0 Å². The summed E-state index contributed by atoms with van der Waals surface area (Å²) in [6.07, 6.45) is 0.809. The van der Waals surface area contributed by atoms with Crippen molar-refractivity contribution in [3.05, 3.63) is 45.3 Å². The number of nitrogens with one attached hydrogen (secondary N) is 1. The van der Waals surface area contributed by atoms with Gasteiger partial charge in [0.2, 0.25) is 10.0 Å². The molecule has 0 aliphatic heterocycles. The minimum absolute atomic E-state index is 0.0462. The number of fused-ring (bicyclic) bond motifs is 1. The molecule has 174 valence electrons. The van der Waals surface area contributed by atoms with Crippen molar-refractivity contribution in [2.45, 2.75) is 46.3 Å². The van der Waals surface area contributed by atoms with Crippen molar-refractivity contribution in [2.24, 2.45) is 0 Å². The molecule has 0 amide bonds. The number of aromatic nitrogens is 3. The SMILES string of the molecule is COC(C)c1nc2c(N)nc(C)c(C)c2n1CCCCS(=O)(=O)Nc1ccc(Cl)cc1Cl. The molecule has 0 bridgehead atoms. The Kier molecular flexibility index (Phi) is 7.54. The van der Waals surface area contributed by atoms with E-state index in [1.807, 2.05) is 20.8 Å². The Hall–Kier alpha value is -2.07. The second-order valence-electron chi connectivity index (χ2n) is 7.66. The summed E-state index contributed by atoms with van der Waals surface area (Å²) >= 11 is 11.9. The average Bonchev–Trinajstić information content (AvgIpc) is 3.11. The number of hydrogen-bond acceptors (Lipinski definition) is 6. The third-order valence-corrected chi connectivity index (χ3v) is 7.29. The smallest absolute Gasteiger partial charge is 0.232 e. The highest BCUT2D eigenvalue weighted by Gasteiger charge is 2.21. The van der Waals surface area contributed by atoms with Crippen LogP contribution in [0.25, 0.3) is 11.0 Å². The summed E-state index contributed by atoms with van der Waals surface area (Å²) in [5.41, 5.74) is 9.79. The zero-order chi connectivity index (χ0) is 23.6. The summed E-state index contributed by atoms with van der Waals surface area (Å²) in [4.78, 5) is 9.06. The molecule has 0 saturated heterocycles. The highest BCUT2D eigenvalue weighted by Crippen LogP contribution is 2.30. The van der Waals surface area contributed by atoms with E-state index in [1.165, 1.54) is 6.07 Å². The lowest BCUT2D eigenvalue weighted by molar-refractivity contribution is 0.109. The van der Waals surface area contributed by atoms with E-state index >= 15 is 0 Å². The number of halogens is 2. The zero-order valence-electron chi connectivity index (χ0n) is 18.4. The molecule has 2 heterocycles. The topological polar surface area (TPSA) is 112 Å². The number of nitrogens with zero attached hydrogens (tertiary/aromatic N) is 3. The molecule has 0 saturated carbocycles. The molecular weight excluding hydrogens is 473 g/mol. The Balaban J connectivity index is 1.76. The Bertz CT molecular complexity index is 1240. The molecule has 0 fully saturated rings. The van der Waals surface area contributed by atoms with Crippen LogP contribution in [-0.2, 0) is 21.3 Å². The average molecular weight is 500 g/mol. The third kappa shape index (κ3) is 5.28. The summed E-state index contributed by atoms with van der Waals surface area (Å²) < 4.78 is 35.1. The Morgan fingerprint density at radius 3 is 2.59 bits per heavy atom. The maximum absolute atomic E-state index is 12.5. The molecule has 1 aromatic carbocycles. The molecule has 3 aromatic rings. The lowest BCUT2D eigenvalue weighted by atomic mass is 10.2. The van der Waals surface area contributed by atoms with Crippen LogP contribution in [0.4, 0.5) is 11.5 Å². The van der Waals surface area contributed by atoms with Crippen LogP contribution in [0.5, 0.6) is 0 Å². The predicted molar refractivity (Wildman–Crippen MR) is 130 cm³/mol. The van der Waals surface area contributed by atoms with E-state index in [2.05, 4.69) is 19.3 Å². The minimum Gasteiger partial charge on any atom is -0.382 e. The second-order valence-corrected chi connectivity index (χ2v) is 10.3. The largest absolute Gasteiger partial charge is 0.382 e. The van der Waals surface area contributed by atoms with Crippen LogP contribution in [0.3, 0.4) is 0 Å². The normalized spacial score (nSPS) is 12.9. The van der Waals surface area contributed by atoms with Crippen LogP contribution in [0.2, 0.25) is 10.0 Å². The van der Waals surface area contributed by atoms with E-state index in [4.69, 9.17) is 33.7 Å². The lowest BCUT2D eigenvalue weighted by Gasteiger charge is -2.15. The van der Waals surface area contributed by atoms with E-state index in [9.17, 15) is 8.42 Å². The van der Waals surface area contributed by atoms with Crippen LogP contribution in [0, 0.1) is 13.8 Å². The number of methoxy groups -OCH3 is 1. The molecule has 11 heteroatoms. The van der Waals surface area contributed by atoms with Gasteiger partial charge in [-0.1, -0.05) is 23.2 Å². The van der Waals surface area contributed by atoms with Gasteiger partial charge in [-0.15, -0.1) is 0 Å². The molecule has 32 heavy (non-hydrogen) atoms. The first-order valence-corrected chi connectivity index (χ1v) is 12.6. The molecule has 0 spiro atoms. The van der Waals surface area contributed by atoms with Gasteiger partial charge < -0.3 is 15.0 Å². The number of sulfonamides is 1. The molecule has 1 atom stereocenters. The van der Waals surface area contributed by atoms with Gasteiger partial charge in [-0.25, -0.2) is 18.4 Å². The number of unbranched alkanes of at least 4 members (excludes halogenated alkanes) is 1. The van der Waals surface area contributed by atoms with Gasteiger partial charge in [0, 0.05) is 24.4 Å².